The molecule has 1 aliphatic rings. The Bertz CT molecular complexity index is 566. The second-order valence-electron chi connectivity index (χ2n) is 3.64. The van der Waals surface area contributed by atoms with E-state index in [-0.39, 0.29) is 6.79 Å². The second-order valence-corrected chi connectivity index (χ2v) is 3.64. The summed E-state index contributed by atoms with van der Waals surface area (Å²) in [7, 11) is 1.62. The van der Waals surface area contributed by atoms with E-state index in [1.165, 1.54) is 0 Å². The van der Waals surface area contributed by atoms with Crippen LogP contribution in [0.2, 0.25) is 0 Å². The SMILES string of the molecule is COc1cc2ccnc(C)c2c2c1OCO2. The highest BCUT2D eigenvalue weighted by atomic mass is 16.7. The van der Waals surface area contributed by atoms with E-state index in [1.807, 2.05) is 19.1 Å². The first kappa shape index (κ1) is 9.27. The third-order valence-electron chi connectivity index (χ3n) is 2.74. The zero-order valence-corrected chi connectivity index (χ0v) is 9.11. The molecule has 0 atom stereocenters. The average molecular weight is 217 g/mol. The lowest BCUT2D eigenvalue weighted by molar-refractivity contribution is 0.172. The monoisotopic (exact) mass is 217 g/mol. The molecular formula is C12H11NO3. The van der Waals surface area contributed by atoms with Crippen LogP contribution in [-0.2, 0) is 0 Å². The lowest BCUT2D eigenvalue weighted by Gasteiger charge is -2.08. The molecule has 0 spiro atoms. The number of aryl methyl sites for hydroxylation is 1. The minimum absolute atomic E-state index is 0.235. The standard InChI is InChI=1S/C12H11NO3/c1-7-10-8(3-4-13-7)5-9(14-2)11-12(10)16-6-15-11/h3-5H,6H2,1-2H3. The van der Waals surface area contributed by atoms with Crippen LogP contribution in [0.25, 0.3) is 10.8 Å². The highest BCUT2D eigenvalue weighted by Crippen LogP contribution is 2.46. The van der Waals surface area contributed by atoms with Crippen molar-refractivity contribution in [3.8, 4) is 17.2 Å². The van der Waals surface area contributed by atoms with Gasteiger partial charge in [-0.2, -0.15) is 0 Å². The number of ether oxygens (including phenoxy) is 3. The number of rotatable bonds is 1. The highest BCUT2D eigenvalue weighted by Gasteiger charge is 2.23. The van der Waals surface area contributed by atoms with E-state index in [1.54, 1.807) is 13.3 Å². The molecule has 0 bridgehead atoms. The van der Waals surface area contributed by atoms with Crippen molar-refractivity contribution in [2.24, 2.45) is 0 Å². The number of fused-ring (bicyclic) bond motifs is 3. The Morgan fingerprint density at radius 3 is 2.94 bits per heavy atom. The molecule has 3 rings (SSSR count). The molecule has 0 N–H and O–H groups in total. The van der Waals surface area contributed by atoms with E-state index in [0.29, 0.717) is 11.5 Å². The summed E-state index contributed by atoms with van der Waals surface area (Å²) < 4.78 is 16.2. The summed E-state index contributed by atoms with van der Waals surface area (Å²) in [4.78, 5) is 4.26. The van der Waals surface area contributed by atoms with E-state index in [0.717, 1.165) is 22.2 Å². The van der Waals surface area contributed by atoms with Gasteiger partial charge in [-0.05, 0) is 24.4 Å². The van der Waals surface area contributed by atoms with Crippen molar-refractivity contribution in [1.82, 2.24) is 4.98 Å². The van der Waals surface area contributed by atoms with Crippen LogP contribution < -0.4 is 14.2 Å². The lowest BCUT2D eigenvalue weighted by Crippen LogP contribution is -1.94. The Labute approximate surface area is 92.8 Å². The number of hydrogen-bond acceptors (Lipinski definition) is 4. The van der Waals surface area contributed by atoms with E-state index >= 15 is 0 Å². The molecule has 0 fully saturated rings. The van der Waals surface area contributed by atoms with Crippen molar-refractivity contribution < 1.29 is 14.2 Å². The summed E-state index contributed by atoms with van der Waals surface area (Å²) in [6.07, 6.45) is 1.78. The van der Waals surface area contributed by atoms with Crippen molar-refractivity contribution in [1.29, 1.82) is 0 Å². The molecule has 1 aromatic heterocycles. The number of aromatic nitrogens is 1. The molecule has 4 heteroatoms. The zero-order valence-electron chi connectivity index (χ0n) is 9.11. The van der Waals surface area contributed by atoms with Crippen LogP contribution in [-0.4, -0.2) is 18.9 Å². The van der Waals surface area contributed by atoms with E-state index in [9.17, 15) is 0 Å². The highest BCUT2D eigenvalue weighted by molar-refractivity contribution is 5.94. The van der Waals surface area contributed by atoms with Crippen LogP contribution >= 0.6 is 0 Å². The maximum absolute atomic E-state index is 5.49. The van der Waals surface area contributed by atoms with E-state index in [2.05, 4.69) is 4.98 Å². The Morgan fingerprint density at radius 1 is 1.31 bits per heavy atom. The molecule has 82 valence electrons. The van der Waals surface area contributed by atoms with Gasteiger partial charge in [-0.3, -0.25) is 4.98 Å². The maximum atomic E-state index is 5.49. The molecular weight excluding hydrogens is 206 g/mol. The number of nitrogens with zero attached hydrogens (tertiary/aromatic N) is 1. The molecule has 4 nitrogen and oxygen atoms in total. The van der Waals surface area contributed by atoms with Crippen molar-refractivity contribution in [2.45, 2.75) is 6.92 Å². The zero-order chi connectivity index (χ0) is 11.1. The third-order valence-corrected chi connectivity index (χ3v) is 2.74. The molecule has 16 heavy (non-hydrogen) atoms. The summed E-state index contributed by atoms with van der Waals surface area (Å²) in [5.74, 6) is 2.11. The van der Waals surface area contributed by atoms with Gasteiger partial charge < -0.3 is 14.2 Å². The van der Waals surface area contributed by atoms with Crippen molar-refractivity contribution >= 4 is 10.8 Å². The number of pyridine rings is 1. The van der Waals surface area contributed by atoms with Crippen molar-refractivity contribution in [2.75, 3.05) is 13.9 Å². The summed E-state index contributed by atoms with van der Waals surface area (Å²) in [6.45, 7) is 2.19. The molecule has 0 unspecified atom stereocenters. The first-order valence-corrected chi connectivity index (χ1v) is 5.03. The molecule has 0 radical (unpaired) electrons. The lowest BCUT2D eigenvalue weighted by atomic mass is 10.1. The fourth-order valence-electron chi connectivity index (χ4n) is 2.01. The smallest absolute Gasteiger partial charge is 0.231 e. The Hall–Kier alpha value is -1.97. The third kappa shape index (κ3) is 1.13. The van der Waals surface area contributed by atoms with Gasteiger partial charge in [0.1, 0.15) is 0 Å². The first-order chi connectivity index (χ1) is 7.81. The summed E-state index contributed by atoms with van der Waals surface area (Å²) in [5.41, 5.74) is 0.932. The quantitative estimate of drug-likeness (QED) is 0.734. The van der Waals surface area contributed by atoms with Crippen molar-refractivity contribution in [3.05, 3.63) is 24.0 Å². The summed E-state index contributed by atoms with van der Waals surface area (Å²) in [6, 6.07) is 3.88. The van der Waals surface area contributed by atoms with Crippen LogP contribution in [0.1, 0.15) is 5.69 Å². The maximum Gasteiger partial charge on any atom is 0.231 e. The normalized spacial score (nSPS) is 13.1. The Morgan fingerprint density at radius 2 is 2.12 bits per heavy atom. The molecule has 0 saturated carbocycles. The summed E-state index contributed by atoms with van der Waals surface area (Å²) in [5, 5.41) is 2.05. The average Bonchev–Trinajstić information content (AvgIpc) is 2.76. The van der Waals surface area contributed by atoms with Gasteiger partial charge in [-0.25, -0.2) is 0 Å². The Balaban J connectivity index is 2.44. The van der Waals surface area contributed by atoms with Gasteiger partial charge >= 0.3 is 0 Å². The second kappa shape index (κ2) is 3.27. The topological polar surface area (TPSA) is 40.6 Å². The molecule has 0 amide bonds. The molecule has 2 heterocycles. The molecule has 0 saturated heterocycles. The van der Waals surface area contributed by atoms with E-state index < -0.39 is 0 Å². The Kier molecular flexibility index (Phi) is 1.89. The minimum atomic E-state index is 0.235. The minimum Gasteiger partial charge on any atom is -0.493 e. The van der Waals surface area contributed by atoms with Gasteiger partial charge in [0.05, 0.1) is 7.11 Å². The van der Waals surface area contributed by atoms with Crippen LogP contribution in [0, 0.1) is 6.92 Å². The van der Waals surface area contributed by atoms with Gasteiger partial charge in [0.25, 0.3) is 0 Å². The van der Waals surface area contributed by atoms with Gasteiger partial charge in [0.2, 0.25) is 12.5 Å². The summed E-state index contributed by atoms with van der Waals surface area (Å²) >= 11 is 0. The number of benzene rings is 1. The fourth-order valence-corrected chi connectivity index (χ4v) is 2.01. The van der Waals surface area contributed by atoms with Crippen LogP contribution in [0.5, 0.6) is 17.2 Å². The molecule has 1 aromatic carbocycles. The number of hydrogen-bond donors (Lipinski definition) is 0. The largest absolute Gasteiger partial charge is 0.493 e. The molecule has 0 aliphatic carbocycles. The van der Waals surface area contributed by atoms with Crippen LogP contribution in [0.3, 0.4) is 0 Å². The fraction of sp³-hybridized carbons (Fsp3) is 0.250. The predicted octanol–water partition coefficient (Wildman–Crippen LogP) is 2.28. The van der Waals surface area contributed by atoms with Gasteiger partial charge in [0, 0.05) is 17.3 Å². The van der Waals surface area contributed by atoms with Gasteiger partial charge in [0.15, 0.2) is 11.5 Å². The van der Waals surface area contributed by atoms with Crippen LogP contribution in [0.15, 0.2) is 18.3 Å². The van der Waals surface area contributed by atoms with Gasteiger partial charge in [-0.15, -0.1) is 0 Å². The first-order valence-electron chi connectivity index (χ1n) is 5.03. The van der Waals surface area contributed by atoms with Crippen LogP contribution in [0.4, 0.5) is 0 Å². The molecule has 2 aromatic rings. The van der Waals surface area contributed by atoms with Crippen molar-refractivity contribution in [3.63, 3.8) is 0 Å². The van der Waals surface area contributed by atoms with Gasteiger partial charge in [-0.1, -0.05) is 0 Å². The predicted molar refractivity (Wildman–Crippen MR) is 59.2 cm³/mol. The number of methoxy groups -OCH3 is 1. The molecule has 1 aliphatic heterocycles. The van der Waals surface area contributed by atoms with E-state index in [4.69, 9.17) is 14.2 Å².